The smallest absolute Gasteiger partial charge is 0.263 e. The van der Waals surface area contributed by atoms with Gasteiger partial charge in [-0.15, -0.1) is 0 Å². The van der Waals surface area contributed by atoms with Gasteiger partial charge in [0.2, 0.25) is 0 Å². The molecule has 1 aromatic carbocycles. The fourth-order valence-electron chi connectivity index (χ4n) is 1.73. The van der Waals surface area contributed by atoms with Crippen molar-refractivity contribution in [2.75, 3.05) is 16.6 Å². The maximum atomic E-state index is 12.3. The number of nitrogens with zero attached hydrogens (tertiary/aromatic N) is 1. The third-order valence-corrected chi connectivity index (χ3v) is 4.14. The second-order valence-corrected chi connectivity index (χ2v) is 6.01. The molecule has 2 N–H and O–H groups in total. The molecule has 0 aliphatic carbocycles. The molecule has 0 atom stereocenters. The fourth-order valence-corrected chi connectivity index (χ4v) is 2.82. The van der Waals surface area contributed by atoms with Crippen LogP contribution in [-0.4, -0.2) is 19.9 Å². The molecule has 0 radical (unpaired) electrons. The lowest BCUT2D eigenvalue weighted by molar-refractivity contribution is 0.601. The molecule has 0 bridgehead atoms. The van der Waals surface area contributed by atoms with E-state index in [0.29, 0.717) is 5.82 Å². The van der Waals surface area contributed by atoms with Crippen molar-refractivity contribution in [1.29, 1.82) is 0 Å². The largest absolute Gasteiger partial charge is 0.385 e. The molecule has 106 valence electrons. The monoisotopic (exact) mass is 291 g/mol. The summed E-state index contributed by atoms with van der Waals surface area (Å²) in [6.45, 7) is 4.58. The highest BCUT2D eigenvalue weighted by Crippen LogP contribution is 2.18. The van der Waals surface area contributed by atoms with Crippen LogP contribution in [0, 0.1) is 6.92 Å². The maximum Gasteiger partial charge on any atom is 0.263 e. The van der Waals surface area contributed by atoms with Crippen LogP contribution in [0.2, 0.25) is 0 Å². The molecule has 0 amide bonds. The number of aromatic nitrogens is 1. The zero-order valence-electron chi connectivity index (χ0n) is 11.4. The lowest BCUT2D eigenvalue weighted by Gasteiger charge is -2.10. The van der Waals surface area contributed by atoms with Gasteiger partial charge in [0.25, 0.3) is 10.0 Å². The highest BCUT2D eigenvalue weighted by Gasteiger charge is 2.15. The molecular formula is C14H17N3O2S. The molecule has 0 saturated heterocycles. The van der Waals surface area contributed by atoms with Crippen LogP contribution < -0.4 is 10.0 Å². The molecule has 1 heterocycles. The van der Waals surface area contributed by atoms with E-state index in [9.17, 15) is 8.42 Å². The zero-order valence-corrected chi connectivity index (χ0v) is 12.2. The number of anilines is 2. The first-order valence-corrected chi connectivity index (χ1v) is 7.79. The van der Waals surface area contributed by atoms with Gasteiger partial charge in [-0.2, -0.15) is 0 Å². The SMILES string of the molecule is CCNc1ccc(S(=O)(=O)Nc2ncccc2C)cc1. The number of hydrogen-bond donors (Lipinski definition) is 2. The van der Waals surface area contributed by atoms with Gasteiger partial charge in [0, 0.05) is 18.4 Å². The Morgan fingerprint density at radius 3 is 2.45 bits per heavy atom. The second kappa shape index (κ2) is 5.92. The molecule has 6 heteroatoms. The van der Waals surface area contributed by atoms with Crippen LogP contribution in [-0.2, 0) is 10.0 Å². The normalized spacial score (nSPS) is 11.1. The molecule has 20 heavy (non-hydrogen) atoms. The summed E-state index contributed by atoms with van der Waals surface area (Å²) in [6, 6.07) is 10.2. The molecule has 0 saturated carbocycles. The number of hydrogen-bond acceptors (Lipinski definition) is 4. The van der Waals surface area contributed by atoms with E-state index in [1.807, 2.05) is 6.92 Å². The third-order valence-electron chi connectivity index (χ3n) is 2.79. The summed E-state index contributed by atoms with van der Waals surface area (Å²) in [4.78, 5) is 4.25. The van der Waals surface area contributed by atoms with Gasteiger partial charge in [0.05, 0.1) is 4.90 Å². The van der Waals surface area contributed by atoms with Crippen LogP contribution in [0.4, 0.5) is 11.5 Å². The summed E-state index contributed by atoms with van der Waals surface area (Å²) in [7, 11) is -3.61. The Labute approximate surface area is 119 Å². The van der Waals surface area contributed by atoms with E-state index < -0.39 is 10.0 Å². The minimum absolute atomic E-state index is 0.212. The molecule has 1 aromatic heterocycles. The number of benzene rings is 1. The third kappa shape index (κ3) is 3.27. The summed E-state index contributed by atoms with van der Waals surface area (Å²) in [6.07, 6.45) is 1.55. The fraction of sp³-hybridized carbons (Fsp3) is 0.214. The van der Waals surface area contributed by atoms with Gasteiger partial charge in [-0.3, -0.25) is 4.72 Å². The summed E-state index contributed by atoms with van der Waals surface area (Å²) in [5.41, 5.74) is 1.67. The summed E-state index contributed by atoms with van der Waals surface area (Å²) >= 11 is 0. The first-order valence-electron chi connectivity index (χ1n) is 6.31. The highest BCUT2D eigenvalue weighted by molar-refractivity contribution is 7.92. The van der Waals surface area contributed by atoms with Crippen LogP contribution in [0.1, 0.15) is 12.5 Å². The summed E-state index contributed by atoms with van der Waals surface area (Å²) in [5, 5.41) is 3.12. The first kappa shape index (κ1) is 14.3. The van der Waals surface area contributed by atoms with Crippen LogP contribution in [0.5, 0.6) is 0 Å². The van der Waals surface area contributed by atoms with Crippen LogP contribution in [0.15, 0.2) is 47.5 Å². The van der Waals surface area contributed by atoms with E-state index in [-0.39, 0.29) is 4.90 Å². The van der Waals surface area contributed by atoms with Gasteiger partial charge >= 0.3 is 0 Å². The van der Waals surface area contributed by atoms with E-state index in [4.69, 9.17) is 0 Å². The average Bonchev–Trinajstić information content (AvgIpc) is 2.42. The van der Waals surface area contributed by atoms with Crippen molar-refractivity contribution >= 4 is 21.5 Å². The number of sulfonamides is 1. The Morgan fingerprint density at radius 1 is 1.15 bits per heavy atom. The van der Waals surface area contributed by atoms with Crippen molar-refractivity contribution in [3.63, 3.8) is 0 Å². The van der Waals surface area contributed by atoms with Crippen molar-refractivity contribution in [3.8, 4) is 0 Å². The van der Waals surface area contributed by atoms with E-state index in [1.165, 1.54) is 0 Å². The van der Waals surface area contributed by atoms with E-state index >= 15 is 0 Å². The second-order valence-electron chi connectivity index (χ2n) is 4.33. The number of pyridine rings is 1. The lowest BCUT2D eigenvalue weighted by Crippen LogP contribution is -2.14. The van der Waals surface area contributed by atoms with Crippen LogP contribution in [0.25, 0.3) is 0 Å². The van der Waals surface area contributed by atoms with Crippen LogP contribution in [0.3, 0.4) is 0 Å². The Morgan fingerprint density at radius 2 is 1.85 bits per heavy atom. The minimum Gasteiger partial charge on any atom is -0.385 e. The van der Waals surface area contributed by atoms with Gasteiger partial charge in [-0.05, 0) is 49.7 Å². The summed E-state index contributed by atoms with van der Waals surface area (Å²) < 4.78 is 27.0. The van der Waals surface area contributed by atoms with E-state index in [2.05, 4.69) is 15.0 Å². The van der Waals surface area contributed by atoms with Crippen molar-refractivity contribution in [2.24, 2.45) is 0 Å². The molecule has 0 aliphatic heterocycles. The van der Waals surface area contributed by atoms with Crippen molar-refractivity contribution in [3.05, 3.63) is 48.2 Å². The topological polar surface area (TPSA) is 71.1 Å². The lowest BCUT2D eigenvalue weighted by atomic mass is 10.3. The molecule has 5 nitrogen and oxygen atoms in total. The average molecular weight is 291 g/mol. The van der Waals surface area contributed by atoms with Crippen molar-refractivity contribution in [2.45, 2.75) is 18.7 Å². The first-order chi connectivity index (χ1) is 9.53. The van der Waals surface area contributed by atoms with Crippen molar-refractivity contribution in [1.82, 2.24) is 4.98 Å². The van der Waals surface area contributed by atoms with E-state index in [1.54, 1.807) is 49.5 Å². The Kier molecular flexibility index (Phi) is 4.24. The Hall–Kier alpha value is -2.08. The van der Waals surface area contributed by atoms with E-state index in [0.717, 1.165) is 17.8 Å². The minimum atomic E-state index is -3.61. The van der Waals surface area contributed by atoms with Gasteiger partial charge in [-0.25, -0.2) is 13.4 Å². The van der Waals surface area contributed by atoms with Crippen LogP contribution >= 0.6 is 0 Å². The van der Waals surface area contributed by atoms with Gasteiger partial charge in [0.1, 0.15) is 5.82 Å². The Balaban J connectivity index is 2.24. The molecule has 0 aliphatic rings. The molecule has 2 rings (SSSR count). The quantitative estimate of drug-likeness (QED) is 0.888. The van der Waals surface area contributed by atoms with Crippen molar-refractivity contribution < 1.29 is 8.42 Å². The predicted molar refractivity (Wildman–Crippen MR) is 80.4 cm³/mol. The standard InChI is InChI=1S/C14H17N3O2S/c1-3-15-12-6-8-13(9-7-12)20(18,19)17-14-11(2)5-4-10-16-14/h4-10,15H,3H2,1-2H3,(H,16,17). The maximum absolute atomic E-state index is 12.3. The molecule has 2 aromatic rings. The molecule has 0 fully saturated rings. The zero-order chi connectivity index (χ0) is 14.6. The number of rotatable bonds is 5. The summed E-state index contributed by atoms with van der Waals surface area (Å²) in [5.74, 6) is 0.350. The van der Waals surface area contributed by atoms with Gasteiger partial charge in [-0.1, -0.05) is 6.07 Å². The molecular weight excluding hydrogens is 274 g/mol. The van der Waals surface area contributed by atoms with Gasteiger partial charge < -0.3 is 5.32 Å². The molecule has 0 spiro atoms. The number of nitrogens with one attached hydrogen (secondary N) is 2. The molecule has 0 unspecified atom stereocenters. The highest BCUT2D eigenvalue weighted by atomic mass is 32.2. The van der Waals surface area contributed by atoms with Gasteiger partial charge in [0.15, 0.2) is 0 Å². The number of aryl methyl sites for hydroxylation is 1. The predicted octanol–water partition coefficient (Wildman–Crippen LogP) is 2.62. The Bertz CT molecular complexity index is 682.